The maximum absolute atomic E-state index is 13.3. The van der Waals surface area contributed by atoms with Gasteiger partial charge in [-0.15, -0.1) is 0 Å². The summed E-state index contributed by atoms with van der Waals surface area (Å²) in [6, 6.07) is 2.06. The third-order valence-electron chi connectivity index (χ3n) is 2.14. The van der Waals surface area contributed by atoms with Crippen LogP contribution in [0.4, 0.5) is 13.2 Å². The Morgan fingerprint density at radius 2 is 2.06 bits per heavy atom. The zero-order valence-corrected chi connectivity index (χ0v) is 8.89. The second-order valence-electron chi connectivity index (χ2n) is 3.19. The van der Waals surface area contributed by atoms with Gasteiger partial charge < -0.3 is 4.74 Å². The minimum Gasteiger partial charge on any atom is -0.434 e. The topological polar surface area (TPSA) is 26.3 Å². The molecule has 0 radical (unpaired) electrons. The van der Waals surface area contributed by atoms with Crippen molar-refractivity contribution in [1.29, 1.82) is 0 Å². The maximum atomic E-state index is 13.3. The van der Waals surface area contributed by atoms with Crippen molar-refractivity contribution in [1.82, 2.24) is 0 Å². The van der Waals surface area contributed by atoms with Gasteiger partial charge in [0.05, 0.1) is 5.56 Å². The number of hydrogen-bond acceptors (Lipinski definition) is 2. The monoisotopic (exact) mass is 232 g/mol. The number of alkyl halides is 2. The van der Waals surface area contributed by atoms with Crippen LogP contribution >= 0.6 is 0 Å². The summed E-state index contributed by atoms with van der Waals surface area (Å²) in [7, 11) is 0. The predicted molar refractivity (Wildman–Crippen MR) is 52.4 cm³/mol. The zero-order valence-electron chi connectivity index (χ0n) is 8.89. The third kappa shape index (κ3) is 2.53. The number of ketones is 1. The lowest BCUT2D eigenvalue weighted by atomic mass is 10.0. The van der Waals surface area contributed by atoms with Crippen LogP contribution in [0.3, 0.4) is 0 Å². The van der Waals surface area contributed by atoms with Crippen LogP contribution in [0, 0.1) is 5.82 Å². The molecule has 0 aliphatic heterocycles. The molecule has 5 heteroatoms. The molecule has 0 spiro atoms. The second-order valence-corrected chi connectivity index (χ2v) is 3.19. The Morgan fingerprint density at radius 1 is 1.44 bits per heavy atom. The van der Waals surface area contributed by atoms with Crippen molar-refractivity contribution in [2.75, 3.05) is 0 Å². The van der Waals surface area contributed by atoms with Crippen LogP contribution in [0.25, 0.3) is 0 Å². The van der Waals surface area contributed by atoms with E-state index in [1.165, 1.54) is 6.92 Å². The van der Waals surface area contributed by atoms with Gasteiger partial charge in [-0.2, -0.15) is 8.78 Å². The highest BCUT2D eigenvalue weighted by molar-refractivity contribution is 5.98. The molecule has 0 amide bonds. The first kappa shape index (κ1) is 12.5. The molecule has 16 heavy (non-hydrogen) atoms. The summed E-state index contributed by atoms with van der Waals surface area (Å²) in [5.41, 5.74) is -0.00606. The smallest absolute Gasteiger partial charge is 0.387 e. The lowest BCUT2D eigenvalue weighted by Crippen LogP contribution is -2.10. The minimum atomic E-state index is -3.03. The first-order valence-electron chi connectivity index (χ1n) is 4.74. The molecule has 2 nitrogen and oxygen atoms in total. The van der Waals surface area contributed by atoms with Gasteiger partial charge in [0.15, 0.2) is 5.78 Å². The fraction of sp³-hybridized carbons (Fsp3) is 0.364. The second kappa shape index (κ2) is 5.01. The van der Waals surface area contributed by atoms with Crippen molar-refractivity contribution in [3.63, 3.8) is 0 Å². The molecule has 0 aliphatic carbocycles. The number of benzene rings is 1. The lowest BCUT2D eigenvalue weighted by molar-refractivity contribution is -0.0502. The molecule has 0 N–H and O–H groups in total. The number of Topliss-reactive ketones (excluding diaryl/α,β-unsaturated/α-hetero) is 1. The van der Waals surface area contributed by atoms with Gasteiger partial charge >= 0.3 is 6.61 Å². The quantitative estimate of drug-likeness (QED) is 0.745. The normalized spacial score (nSPS) is 10.6. The Kier molecular flexibility index (Phi) is 3.93. The molecular formula is C11H11F3O2. The van der Waals surface area contributed by atoms with Crippen molar-refractivity contribution in [2.45, 2.75) is 26.9 Å². The van der Waals surface area contributed by atoms with Crippen LogP contribution in [0.2, 0.25) is 0 Å². The molecule has 1 rings (SSSR count). The number of carbonyl (C=O) groups excluding carboxylic acids is 1. The number of rotatable bonds is 4. The highest BCUT2D eigenvalue weighted by Crippen LogP contribution is 2.27. The number of carbonyl (C=O) groups is 1. The first-order chi connectivity index (χ1) is 7.47. The molecule has 0 bridgehead atoms. The largest absolute Gasteiger partial charge is 0.434 e. The molecule has 1 aromatic rings. The molecule has 1 aromatic carbocycles. The zero-order chi connectivity index (χ0) is 12.3. The van der Waals surface area contributed by atoms with Crippen LogP contribution in [-0.2, 0) is 6.42 Å². The van der Waals surface area contributed by atoms with Crippen LogP contribution in [0.5, 0.6) is 5.75 Å². The summed E-state index contributed by atoms with van der Waals surface area (Å²) in [6.07, 6.45) is 0.237. The Morgan fingerprint density at radius 3 is 2.50 bits per heavy atom. The SMILES string of the molecule is CCc1c(F)ccc(OC(F)F)c1C(C)=O. The van der Waals surface area contributed by atoms with Crippen molar-refractivity contribution in [3.05, 3.63) is 29.1 Å². The third-order valence-corrected chi connectivity index (χ3v) is 2.14. The average Bonchev–Trinajstić information content (AvgIpc) is 2.18. The number of hydrogen-bond donors (Lipinski definition) is 0. The van der Waals surface area contributed by atoms with E-state index in [4.69, 9.17) is 0 Å². The van der Waals surface area contributed by atoms with Gasteiger partial charge in [0.25, 0.3) is 0 Å². The molecule has 0 saturated heterocycles. The van der Waals surface area contributed by atoms with E-state index >= 15 is 0 Å². The van der Waals surface area contributed by atoms with Gasteiger partial charge in [0.1, 0.15) is 11.6 Å². The van der Waals surface area contributed by atoms with Crippen molar-refractivity contribution in [2.24, 2.45) is 0 Å². The molecular weight excluding hydrogens is 221 g/mol. The molecule has 0 aliphatic rings. The lowest BCUT2D eigenvalue weighted by Gasteiger charge is -2.12. The summed E-state index contributed by atoms with van der Waals surface area (Å²) < 4.78 is 41.7. The van der Waals surface area contributed by atoms with E-state index in [9.17, 15) is 18.0 Å². The molecule has 0 saturated carbocycles. The van der Waals surface area contributed by atoms with E-state index in [0.717, 1.165) is 12.1 Å². The Labute approximate surface area is 91.0 Å². The fourth-order valence-corrected chi connectivity index (χ4v) is 1.53. The average molecular weight is 232 g/mol. The molecule has 88 valence electrons. The van der Waals surface area contributed by atoms with Gasteiger partial charge in [-0.1, -0.05) is 6.92 Å². The fourth-order valence-electron chi connectivity index (χ4n) is 1.53. The van der Waals surface area contributed by atoms with Gasteiger partial charge in [0, 0.05) is 5.56 Å². The van der Waals surface area contributed by atoms with Gasteiger partial charge in [-0.05, 0) is 25.5 Å². The van der Waals surface area contributed by atoms with Crippen LogP contribution in [0.15, 0.2) is 12.1 Å². The summed E-state index contributed by atoms with van der Waals surface area (Å²) in [4.78, 5) is 11.3. The van der Waals surface area contributed by atoms with E-state index in [1.807, 2.05) is 0 Å². The highest BCUT2D eigenvalue weighted by Gasteiger charge is 2.19. The Balaban J connectivity index is 3.33. The van der Waals surface area contributed by atoms with Crippen molar-refractivity contribution >= 4 is 5.78 Å². The van der Waals surface area contributed by atoms with Crippen LogP contribution in [-0.4, -0.2) is 12.4 Å². The van der Waals surface area contributed by atoms with E-state index in [-0.39, 0.29) is 23.3 Å². The van der Waals surface area contributed by atoms with Gasteiger partial charge in [-0.25, -0.2) is 4.39 Å². The van der Waals surface area contributed by atoms with Crippen LogP contribution < -0.4 is 4.74 Å². The molecule has 0 unspecified atom stereocenters. The van der Waals surface area contributed by atoms with Crippen molar-refractivity contribution in [3.8, 4) is 5.75 Å². The van der Waals surface area contributed by atoms with E-state index in [1.54, 1.807) is 6.92 Å². The van der Waals surface area contributed by atoms with Gasteiger partial charge in [0.2, 0.25) is 0 Å². The maximum Gasteiger partial charge on any atom is 0.387 e. The minimum absolute atomic E-state index is 0.102. The first-order valence-corrected chi connectivity index (χ1v) is 4.74. The Bertz CT molecular complexity index is 402. The highest BCUT2D eigenvalue weighted by atomic mass is 19.3. The molecule has 0 aromatic heterocycles. The van der Waals surface area contributed by atoms with Crippen molar-refractivity contribution < 1.29 is 22.7 Å². The standard InChI is InChI=1S/C11H11F3O2/c1-3-7-8(12)4-5-9(16-11(13)14)10(7)6(2)15/h4-5,11H,3H2,1-2H3. The van der Waals surface area contributed by atoms with E-state index in [0.29, 0.717) is 0 Å². The van der Waals surface area contributed by atoms with E-state index < -0.39 is 18.2 Å². The Hall–Kier alpha value is -1.52. The van der Waals surface area contributed by atoms with E-state index in [2.05, 4.69) is 4.74 Å². The number of halogens is 3. The molecule has 0 fully saturated rings. The van der Waals surface area contributed by atoms with Gasteiger partial charge in [-0.3, -0.25) is 4.79 Å². The summed E-state index contributed by atoms with van der Waals surface area (Å²) in [6.45, 7) is -0.211. The predicted octanol–water partition coefficient (Wildman–Crippen LogP) is 3.19. The summed E-state index contributed by atoms with van der Waals surface area (Å²) in [5, 5.41) is 0. The van der Waals surface area contributed by atoms with Crippen LogP contribution in [0.1, 0.15) is 29.8 Å². The number of ether oxygens (including phenoxy) is 1. The molecule has 0 atom stereocenters. The summed E-state index contributed by atoms with van der Waals surface area (Å²) in [5.74, 6) is -1.36. The summed E-state index contributed by atoms with van der Waals surface area (Å²) >= 11 is 0. The molecule has 0 heterocycles.